The molecule has 1 aromatic heterocycles. The smallest absolute Gasteiger partial charge is 0.246 e. The van der Waals surface area contributed by atoms with Crippen molar-refractivity contribution in [2.45, 2.75) is 23.8 Å². The molecule has 0 saturated carbocycles. The molecule has 1 aliphatic heterocycles. The Balaban J connectivity index is 2.28. The van der Waals surface area contributed by atoms with Crippen molar-refractivity contribution in [1.82, 2.24) is 19.8 Å². The SMILES string of the molecule is NC(=O)CN(C1CCNCC1)S(=O)(=O)c1cn[nH]c1. The average Bonchev–Trinajstić information content (AvgIpc) is 2.91. The van der Waals surface area contributed by atoms with E-state index in [1.165, 1.54) is 16.7 Å². The molecule has 2 heterocycles. The highest BCUT2D eigenvalue weighted by Crippen LogP contribution is 2.21. The maximum Gasteiger partial charge on any atom is 0.246 e. The Kier molecular flexibility index (Phi) is 4.17. The Labute approximate surface area is 111 Å². The lowest BCUT2D eigenvalue weighted by Crippen LogP contribution is -2.49. The van der Waals surface area contributed by atoms with Gasteiger partial charge in [-0.2, -0.15) is 9.40 Å². The number of amides is 1. The van der Waals surface area contributed by atoms with Crippen molar-refractivity contribution in [2.75, 3.05) is 19.6 Å². The van der Waals surface area contributed by atoms with Crippen LogP contribution in [0.25, 0.3) is 0 Å². The summed E-state index contributed by atoms with van der Waals surface area (Å²) in [6, 6.07) is -0.214. The molecular weight excluding hydrogens is 270 g/mol. The third-order valence-electron chi connectivity index (χ3n) is 3.11. The first-order valence-electron chi connectivity index (χ1n) is 6.01. The molecule has 1 saturated heterocycles. The highest BCUT2D eigenvalue weighted by Gasteiger charge is 2.33. The van der Waals surface area contributed by atoms with Gasteiger partial charge in [-0.1, -0.05) is 0 Å². The largest absolute Gasteiger partial charge is 0.369 e. The van der Waals surface area contributed by atoms with E-state index in [0.29, 0.717) is 12.8 Å². The topological polar surface area (TPSA) is 121 Å². The highest BCUT2D eigenvalue weighted by molar-refractivity contribution is 7.89. The van der Waals surface area contributed by atoms with Crippen molar-refractivity contribution in [3.8, 4) is 0 Å². The van der Waals surface area contributed by atoms with E-state index in [4.69, 9.17) is 5.73 Å². The average molecular weight is 287 g/mol. The molecule has 4 N–H and O–H groups in total. The minimum absolute atomic E-state index is 0.0484. The second kappa shape index (κ2) is 5.68. The molecule has 1 amide bonds. The molecule has 8 nitrogen and oxygen atoms in total. The van der Waals surface area contributed by atoms with Gasteiger partial charge in [0.15, 0.2) is 0 Å². The minimum Gasteiger partial charge on any atom is -0.369 e. The second-order valence-corrected chi connectivity index (χ2v) is 6.32. The predicted molar refractivity (Wildman–Crippen MR) is 67.6 cm³/mol. The Morgan fingerprint density at radius 2 is 2.16 bits per heavy atom. The highest BCUT2D eigenvalue weighted by atomic mass is 32.2. The molecule has 0 bridgehead atoms. The summed E-state index contributed by atoms with van der Waals surface area (Å²) in [6.45, 7) is 1.14. The van der Waals surface area contributed by atoms with E-state index in [0.717, 1.165) is 13.1 Å². The zero-order chi connectivity index (χ0) is 13.9. The number of hydrogen-bond donors (Lipinski definition) is 3. The van der Waals surface area contributed by atoms with Crippen LogP contribution in [-0.2, 0) is 14.8 Å². The number of carbonyl (C=O) groups excluding carboxylic acids is 1. The summed E-state index contributed by atoms with van der Waals surface area (Å²) in [5.41, 5.74) is 5.17. The fourth-order valence-electron chi connectivity index (χ4n) is 2.17. The lowest BCUT2D eigenvalue weighted by molar-refractivity contribution is -0.118. The molecule has 106 valence electrons. The summed E-state index contributed by atoms with van der Waals surface area (Å²) in [7, 11) is -3.74. The Morgan fingerprint density at radius 3 is 2.68 bits per heavy atom. The fourth-order valence-corrected chi connectivity index (χ4v) is 3.73. The molecular formula is C10H17N5O3S. The summed E-state index contributed by atoms with van der Waals surface area (Å²) in [5.74, 6) is -0.661. The van der Waals surface area contributed by atoms with E-state index in [9.17, 15) is 13.2 Å². The first-order valence-corrected chi connectivity index (χ1v) is 7.45. The van der Waals surface area contributed by atoms with Crippen LogP contribution in [0.4, 0.5) is 0 Å². The van der Waals surface area contributed by atoms with Crippen LogP contribution in [0.1, 0.15) is 12.8 Å². The van der Waals surface area contributed by atoms with Crippen LogP contribution in [0.5, 0.6) is 0 Å². The van der Waals surface area contributed by atoms with Crippen molar-refractivity contribution in [1.29, 1.82) is 0 Å². The van der Waals surface area contributed by atoms with E-state index in [1.807, 2.05) is 0 Å². The van der Waals surface area contributed by atoms with Gasteiger partial charge in [-0.15, -0.1) is 0 Å². The van der Waals surface area contributed by atoms with Crippen molar-refractivity contribution in [2.24, 2.45) is 5.73 Å². The normalized spacial score (nSPS) is 17.7. The van der Waals surface area contributed by atoms with Crippen LogP contribution >= 0.6 is 0 Å². The Bertz CT molecular complexity index is 521. The Morgan fingerprint density at radius 1 is 1.47 bits per heavy atom. The van der Waals surface area contributed by atoms with Crippen LogP contribution in [-0.4, -0.2) is 54.5 Å². The molecule has 0 aromatic carbocycles. The number of rotatable bonds is 5. The van der Waals surface area contributed by atoms with E-state index < -0.39 is 15.9 Å². The Hall–Kier alpha value is -1.45. The maximum atomic E-state index is 12.5. The van der Waals surface area contributed by atoms with Gasteiger partial charge in [-0.05, 0) is 25.9 Å². The molecule has 0 aliphatic carbocycles. The van der Waals surface area contributed by atoms with E-state index >= 15 is 0 Å². The van der Waals surface area contributed by atoms with Crippen LogP contribution in [0.15, 0.2) is 17.3 Å². The molecule has 0 radical (unpaired) electrons. The quantitative estimate of drug-likeness (QED) is 0.617. The van der Waals surface area contributed by atoms with Crippen molar-refractivity contribution >= 4 is 15.9 Å². The number of primary amides is 1. The maximum absolute atomic E-state index is 12.5. The molecule has 9 heteroatoms. The zero-order valence-electron chi connectivity index (χ0n) is 10.4. The lowest BCUT2D eigenvalue weighted by Gasteiger charge is -2.32. The number of aromatic nitrogens is 2. The van der Waals surface area contributed by atoms with Gasteiger partial charge in [-0.3, -0.25) is 9.89 Å². The monoisotopic (exact) mass is 287 g/mol. The number of piperidine rings is 1. The van der Waals surface area contributed by atoms with Gasteiger partial charge in [0, 0.05) is 12.2 Å². The number of nitrogens with one attached hydrogen (secondary N) is 2. The molecule has 0 unspecified atom stereocenters. The number of sulfonamides is 1. The number of nitrogens with zero attached hydrogens (tertiary/aromatic N) is 2. The van der Waals surface area contributed by atoms with Crippen molar-refractivity contribution < 1.29 is 13.2 Å². The molecule has 1 aromatic rings. The summed E-state index contributed by atoms with van der Waals surface area (Å²) < 4.78 is 26.1. The molecule has 2 rings (SSSR count). The molecule has 0 spiro atoms. The summed E-state index contributed by atoms with van der Waals surface area (Å²) in [4.78, 5) is 11.2. The van der Waals surface area contributed by atoms with Crippen molar-refractivity contribution in [3.63, 3.8) is 0 Å². The molecule has 0 atom stereocenters. The molecule has 19 heavy (non-hydrogen) atoms. The predicted octanol–water partition coefficient (Wildman–Crippen LogP) is -1.36. The second-order valence-electron chi connectivity index (χ2n) is 4.43. The van der Waals surface area contributed by atoms with Gasteiger partial charge in [0.05, 0.1) is 12.7 Å². The van der Waals surface area contributed by atoms with E-state index in [2.05, 4.69) is 15.5 Å². The summed E-state index contributed by atoms with van der Waals surface area (Å²) in [5, 5.41) is 9.25. The fraction of sp³-hybridized carbons (Fsp3) is 0.600. The third-order valence-corrected chi connectivity index (χ3v) is 4.97. The van der Waals surface area contributed by atoms with Crippen LogP contribution in [0.2, 0.25) is 0 Å². The number of H-pyrrole nitrogens is 1. The first kappa shape index (κ1) is 14.0. The van der Waals surface area contributed by atoms with Gasteiger partial charge < -0.3 is 11.1 Å². The summed E-state index contributed by atoms with van der Waals surface area (Å²) in [6.07, 6.45) is 3.84. The van der Waals surface area contributed by atoms with Crippen LogP contribution < -0.4 is 11.1 Å². The standard InChI is InChI=1S/C10H17N5O3S/c11-10(16)7-15(8-1-3-12-4-2-8)19(17,18)9-5-13-14-6-9/h5-6,8,12H,1-4,7H2,(H2,11,16)(H,13,14). The number of aromatic amines is 1. The zero-order valence-corrected chi connectivity index (χ0v) is 11.2. The van der Waals surface area contributed by atoms with E-state index in [-0.39, 0.29) is 17.5 Å². The first-order chi connectivity index (χ1) is 9.01. The van der Waals surface area contributed by atoms with Crippen molar-refractivity contribution in [3.05, 3.63) is 12.4 Å². The lowest BCUT2D eigenvalue weighted by atomic mass is 10.1. The number of hydrogen-bond acceptors (Lipinski definition) is 5. The van der Waals surface area contributed by atoms with Gasteiger partial charge in [0.2, 0.25) is 15.9 Å². The number of carbonyl (C=O) groups is 1. The molecule has 1 fully saturated rings. The van der Waals surface area contributed by atoms with E-state index in [1.54, 1.807) is 0 Å². The van der Waals surface area contributed by atoms with Gasteiger partial charge >= 0.3 is 0 Å². The van der Waals surface area contributed by atoms with Crippen LogP contribution in [0, 0.1) is 0 Å². The molecule has 1 aliphatic rings. The number of nitrogens with two attached hydrogens (primary N) is 1. The van der Waals surface area contributed by atoms with Gasteiger partial charge in [-0.25, -0.2) is 8.42 Å². The third kappa shape index (κ3) is 3.11. The van der Waals surface area contributed by atoms with Crippen LogP contribution in [0.3, 0.4) is 0 Å². The minimum atomic E-state index is -3.74. The summed E-state index contributed by atoms with van der Waals surface area (Å²) >= 11 is 0. The van der Waals surface area contributed by atoms with Gasteiger partial charge in [0.25, 0.3) is 0 Å². The van der Waals surface area contributed by atoms with Gasteiger partial charge in [0.1, 0.15) is 4.90 Å².